The van der Waals surface area contributed by atoms with Crippen LogP contribution < -0.4 is 4.84 Å². The van der Waals surface area contributed by atoms with Crippen molar-refractivity contribution in [2.24, 2.45) is 0 Å². The van der Waals surface area contributed by atoms with Crippen molar-refractivity contribution in [1.82, 2.24) is 4.84 Å². The minimum atomic E-state index is -1.08. The molecule has 1 aromatic rings. The predicted molar refractivity (Wildman–Crippen MR) is 46.7 cm³/mol. The highest BCUT2D eigenvalue weighted by Crippen LogP contribution is 2.05. The zero-order valence-electron chi connectivity index (χ0n) is 6.45. The number of carbonyl (C=O) groups excluding carboxylic acids is 1. The Morgan fingerprint density at radius 1 is 1.31 bits per heavy atom. The third-order valence-electron chi connectivity index (χ3n) is 1.46. The van der Waals surface area contributed by atoms with Gasteiger partial charge in [-0.05, 0) is 18.2 Å². The minimum Gasteiger partial charge on any atom is -0.478 e. The van der Waals surface area contributed by atoms with E-state index in [1.54, 1.807) is 0 Å². The summed E-state index contributed by atoms with van der Waals surface area (Å²) in [4.78, 5) is 23.3. The highest BCUT2D eigenvalue weighted by atomic mass is 35.5. The van der Waals surface area contributed by atoms with Crippen LogP contribution in [0.15, 0.2) is 24.3 Å². The molecule has 0 aliphatic rings. The Labute approximate surface area is 79.2 Å². The number of amides is 1. The summed E-state index contributed by atoms with van der Waals surface area (Å²) in [6, 6.07) is 5.60. The van der Waals surface area contributed by atoms with Gasteiger partial charge in [0.2, 0.25) is 0 Å². The number of carboxylic acids is 1. The summed E-state index contributed by atoms with van der Waals surface area (Å²) >= 11 is 5.07. The van der Waals surface area contributed by atoms with Gasteiger partial charge in [0.05, 0.1) is 5.56 Å². The number of halogens is 1. The van der Waals surface area contributed by atoms with Gasteiger partial charge in [0.25, 0.3) is 5.91 Å². The molecule has 1 aromatic carbocycles. The molecule has 0 atom stereocenters. The highest BCUT2D eigenvalue weighted by Gasteiger charge is 2.07. The van der Waals surface area contributed by atoms with Gasteiger partial charge in [-0.1, -0.05) is 6.07 Å². The van der Waals surface area contributed by atoms with Gasteiger partial charge in [-0.2, -0.15) is 0 Å². The molecular formula is C8H6ClNO3. The first-order chi connectivity index (χ1) is 6.15. The highest BCUT2D eigenvalue weighted by molar-refractivity contribution is 6.24. The zero-order valence-corrected chi connectivity index (χ0v) is 7.21. The number of benzene rings is 1. The van der Waals surface area contributed by atoms with Crippen molar-refractivity contribution >= 4 is 23.7 Å². The van der Waals surface area contributed by atoms with Crippen molar-refractivity contribution in [3.05, 3.63) is 35.4 Å². The Hall–Kier alpha value is -1.55. The van der Waals surface area contributed by atoms with E-state index >= 15 is 0 Å². The zero-order chi connectivity index (χ0) is 9.84. The number of hydrogen-bond acceptors (Lipinski definition) is 2. The summed E-state index contributed by atoms with van der Waals surface area (Å²) in [5.74, 6) is -1.60. The van der Waals surface area contributed by atoms with Crippen molar-refractivity contribution in [3.8, 4) is 0 Å². The number of carbonyl (C=O) groups is 2. The average molecular weight is 200 g/mol. The molecule has 2 N–H and O–H groups in total. The molecular weight excluding hydrogens is 194 g/mol. The number of aromatic carboxylic acids is 1. The van der Waals surface area contributed by atoms with Crippen molar-refractivity contribution in [2.75, 3.05) is 0 Å². The minimum absolute atomic E-state index is 0.0535. The molecule has 0 bridgehead atoms. The summed E-state index contributed by atoms with van der Waals surface area (Å²) in [7, 11) is 0. The van der Waals surface area contributed by atoms with Crippen LogP contribution in [0.3, 0.4) is 0 Å². The predicted octanol–water partition coefficient (Wildman–Crippen LogP) is 1.27. The van der Waals surface area contributed by atoms with E-state index in [-0.39, 0.29) is 11.1 Å². The summed E-state index contributed by atoms with van der Waals surface area (Å²) in [6.45, 7) is 0. The first-order valence-electron chi connectivity index (χ1n) is 3.39. The van der Waals surface area contributed by atoms with Crippen LogP contribution in [0.1, 0.15) is 20.7 Å². The van der Waals surface area contributed by atoms with E-state index in [1.807, 2.05) is 4.84 Å². The topological polar surface area (TPSA) is 66.4 Å². The van der Waals surface area contributed by atoms with Crippen LogP contribution in [0.5, 0.6) is 0 Å². The summed E-state index contributed by atoms with van der Waals surface area (Å²) in [6.07, 6.45) is 0. The maximum atomic E-state index is 11.0. The molecule has 0 aliphatic carbocycles. The van der Waals surface area contributed by atoms with Gasteiger partial charge in [-0.25, -0.2) is 4.79 Å². The maximum absolute atomic E-state index is 11.0. The first kappa shape index (κ1) is 9.54. The van der Waals surface area contributed by atoms with Crippen LogP contribution in [0.4, 0.5) is 0 Å². The Morgan fingerprint density at radius 2 is 1.92 bits per heavy atom. The van der Waals surface area contributed by atoms with Gasteiger partial charge in [-0.3, -0.25) is 9.63 Å². The average Bonchev–Trinajstić information content (AvgIpc) is 2.17. The molecule has 4 nitrogen and oxygen atoms in total. The monoisotopic (exact) mass is 199 g/mol. The van der Waals surface area contributed by atoms with Gasteiger partial charge < -0.3 is 5.11 Å². The molecule has 0 fully saturated rings. The normalized spacial score (nSPS) is 9.31. The molecule has 0 radical (unpaired) electrons. The molecule has 1 rings (SSSR count). The van der Waals surface area contributed by atoms with Gasteiger partial charge >= 0.3 is 5.97 Å². The molecule has 5 heteroatoms. The van der Waals surface area contributed by atoms with Crippen molar-refractivity contribution in [1.29, 1.82) is 0 Å². The summed E-state index contributed by atoms with van der Waals surface area (Å²) < 4.78 is 0. The van der Waals surface area contributed by atoms with E-state index in [2.05, 4.69) is 0 Å². The van der Waals surface area contributed by atoms with E-state index in [1.165, 1.54) is 24.3 Å². The van der Waals surface area contributed by atoms with Crippen LogP contribution in [0, 0.1) is 0 Å². The molecule has 0 aliphatic heterocycles. The van der Waals surface area contributed by atoms with Crippen molar-refractivity contribution in [2.45, 2.75) is 0 Å². The van der Waals surface area contributed by atoms with Crippen LogP contribution in [-0.4, -0.2) is 17.0 Å². The molecule has 0 saturated carbocycles. The van der Waals surface area contributed by atoms with E-state index in [0.29, 0.717) is 0 Å². The molecule has 13 heavy (non-hydrogen) atoms. The summed E-state index contributed by atoms with van der Waals surface area (Å²) in [5, 5.41) is 8.60. The third-order valence-corrected chi connectivity index (χ3v) is 1.63. The second-order valence-corrected chi connectivity index (χ2v) is 2.50. The lowest BCUT2D eigenvalue weighted by Gasteiger charge is -1.98. The van der Waals surface area contributed by atoms with Crippen molar-refractivity contribution in [3.63, 3.8) is 0 Å². The lowest BCUT2D eigenvalue weighted by Crippen LogP contribution is -2.13. The lowest BCUT2D eigenvalue weighted by molar-refractivity contribution is 0.0697. The number of hydrogen-bond donors (Lipinski definition) is 2. The van der Waals surface area contributed by atoms with Crippen LogP contribution >= 0.6 is 11.8 Å². The third kappa shape index (κ3) is 2.19. The van der Waals surface area contributed by atoms with Crippen LogP contribution in [-0.2, 0) is 0 Å². The Morgan fingerprint density at radius 3 is 2.46 bits per heavy atom. The first-order valence-corrected chi connectivity index (χ1v) is 3.77. The van der Waals surface area contributed by atoms with E-state index in [9.17, 15) is 9.59 Å². The van der Waals surface area contributed by atoms with Gasteiger partial charge in [0.1, 0.15) is 0 Å². The Bertz CT molecular complexity index is 351. The quantitative estimate of drug-likeness (QED) is 0.705. The molecule has 0 aromatic heterocycles. The SMILES string of the molecule is O=C(O)c1cccc(C(=O)NCl)c1. The molecule has 0 heterocycles. The number of nitrogens with one attached hydrogen (secondary N) is 1. The van der Waals surface area contributed by atoms with Gasteiger partial charge in [-0.15, -0.1) is 0 Å². The van der Waals surface area contributed by atoms with Crippen LogP contribution in [0.25, 0.3) is 0 Å². The van der Waals surface area contributed by atoms with Crippen LogP contribution in [0.2, 0.25) is 0 Å². The van der Waals surface area contributed by atoms with Crippen molar-refractivity contribution < 1.29 is 14.7 Å². The molecule has 68 valence electrons. The fourth-order valence-electron chi connectivity index (χ4n) is 0.848. The van der Waals surface area contributed by atoms with E-state index in [4.69, 9.17) is 16.9 Å². The fourth-order valence-corrected chi connectivity index (χ4v) is 0.957. The van der Waals surface area contributed by atoms with Gasteiger partial charge in [0, 0.05) is 17.3 Å². The molecule has 0 saturated heterocycles. The second-order valence-electron chi connectivity index (χ2n) is 2.31. The van der Waals surface area contributed by atoms with E-state index in [0.717, 1.165) is 0 Å². The second kappa shape index (κ2) is 3.91. The Kier molecular flexibility index (Phi) is 2.87. The molecule has 0 spiro atoms. The smallest absolute Gasteiger partial charge is 0.335 e. The van der Waals surface area contributed by atoms with E-state index < -0.39 is 11.9 Å². The number of rotatable bonds is 2. The number of carboxylic acid groups (broad SMARTS) is 1. The summed E-state index contributed by atoms with van der Waals surface area (Å²) in [5.41, 5.74) is 0.271. The fraction of sp³-hybridized carbons (Fsp3) is 0. The standard InChI is InChI=1S/C8H6ClNO3/c9-10-7(11)5-2-1-3-6(4-5)8(12)13/h1-4H,(H,10,11)(H,12,13). The molecule has 0 unspecified atom stereocenters. The lowest BCUT2D eigenvalue weighted by atomic mass is 10.1. The largest absolute Gasteiger partial charge is 0.478 e. The maximum Gasteiger partial charge on any atom is 0.335 e. The Balaban J connectivity index is 3.05. The van der Waals surface area contributed by atoms with Gasteiger partial charge in [0.15, 0.2) is 0 Å². The molecule has 1 amide bonds.